The molecule has 5 rings (SSSR count). The zero-order valence-electron chi connectivity index (χ0n) is 17.8. The van der Waals surface area contributed by atoms with E-state index in [0.717, 1.165) is 31.9 Å². The predicted octanol–water partition coefficient (Wildman–Crippen LogP) is 3.34. The normalized spacial score (nSPS) is 16.2. The van der Waals surface area contributed by atoms with E-state index < -0.39 is 0 Å². The van der Waals surface area contributed by atoms with E-state index in [0.29, 0.717) is 34.7 Å². The molecule has 0 unspecified atom stereocenters. The minimum Gasteiger partial charge on any atom is -0.369 e. The van der Waals surface area contributed by atoms with Gasteiger partial charge in [0.1, 0.15) is 11.4 Å². The Balaban J connectivity index is 1.35. The highest BCUT2D eigenvalue weighted by Crippen LogP contribution is 2.32. The van der Waals surface area contributed by atoms with Gasteiger partial charge in [0.2, 0.25) is 5.95 Å². The molecule has 2 aromatic carbocycles. The van der Waals surface area contributed by atoms with E-state index in [-0.39, 0.29) is 5.91 Å². The van der Waals surface area contributed by atoms with Crippen molar-refractivity contribution in [2.45, 2.75) is 0 Å². The predicted molar refractivity (Wildman–Crippen MR) is 128 cm³/mol. The van der Waals surface area contributed by atoms with Gasteiger partial charge in [-0.3, -0.25) is 9.69 Å². The molecule has 0 saturated carbocycles. The summed E-state index contributed by atoms with van der Waals surface area (Å²) in [6, 6.07) is 15.6. The molecule has 2 N–H and O–H groups in total. The number of carbonyl (C=O) groups is 1. The van der Waals surface area contributed by atoms with Crippen LogP contribution in [0, 0.1) is 0 Å². The van der Waals surface area contributed by atoms with Crippen molar-refractivity contribution in [3.63, 3.8) is 0 Å². The van der Waals surface area contributed by atoms with Gasteiger partial charge in [0, 0.05) is 50.8 Å². The van der Waals surface area contributed by atoms with Crippen molar-refractivity contribution in [2.24, 2.45) is 0 Å². The van der Waals surface area contributed by atoms with Crippen molar-refractivity contribution in [2.75, 3.05) is 59.9 Å². The fourth-order valence-electron chi connectivity index (χ4n) is 4.03. The molecule has 2 aliphatic heterocycles. The lowest BCUT2D eigenvalue weighted by molar-refractivity contribution is 0.0982. The summed E-state index contributed by atoms with van der Waals surface area (Å²) in [6.07, 6.45) is 1.57. The number of hydrogen-bond donors (Lipinski definition) is 2. The van der Waals surface area contributed by atoms with Crippen molar-refractivity contribution in [3.8, 4) is 0 Å². The minimum atomic E-state index is -0.168. The van der Waals surface area contributed by atoms with Crippen molar-refractivity contribution < 1.29 is 4.79 Å². The molecule has 9 heteroatoms. The zero-order valence-corrected chi connectivity index (χ0v) is 18.5. The second kappa shape index (κ2) is 8.64. The lowest BCUT2D eigenvalue weighted by atomic mass is 10.2. The van der Waals surface area contributed by atoms with Gasteiger partial charge in [0.05, 0.1) is 17.4 Å². The van der Waals surface area contributed by atoms with Gasteiger partial charge in [-0.15, -0.1) is 0 Å². The highest BCUT2D eigenvalue weighted by atomic mass is 35.5. The summed E-state index contributed by atoms with van der Waals surface area (Å²) >= 11 is 6.31. The average Bonchev–Trinajstić information content (AvgIpc) is 2.83. The van der Waals surface area contributed by atoms with Crippen LogP contribution in [0.25, 0.3) is 0 Å². The number of halogens is 1. The van der Waals surface area contributed by atoms with Gasteiger partial charge in [0.25, 0.3) is 5.91 Å². The molecule has 1 fully saturated rings. The van der Waals surface area contributed by atoms with Gasteiger partial charge in [0.15, 0.2) is 0 Å². The Bertz CT molecular complexity index is 1130. The van der Waals surface area contributed by atoms with Gasteiger partial charge in [-0.2, -0.15) is 4.98 Å². The largest absolute Gasteiger partial charge is 0.369 e. The number of fused-ring (bicyclic) bond motifs is 1. The number of nitrogens with zero attached hydrogens (tertiary/aromatic N) is 5. The first kappa shape index (κ1) is 20.5. The van der Waals surface area contributed by atoms with Gasteiger partial charge < -0.3 is 20.4 Å². The molecule has 164 valence electrons. The Morgan fingerprint density at radius 1 is 1.06 bits per heavy atom. The van der Waals surface area contributed by atoms with E-state index in [4.69, 9.17) is 11.6 Å². The molecule has 0 aliphatic carbocycles. The zero-order chi connectivity index (χ0) is 22.1. The van der Waals surface area contributed by atoms with Crippen LogP contribution in [0.3, 0.4) is 0 Å². The number of para-hydroxylation sites is 1. The quantitative estimate of drug-likeness (QED) is 0.632. The van der Waals surface area contributed by atoms with Crippen LogP contribution in [0.5, 0.6) is 0 Å². The van der Waals surface area contributed by atoms with Crippen LogP contribution in [0.2, 0.25) is 5.02 Å². The second-order valence-corrected chi connectivity index (χ2v) is 8.27. The van der Waals surface area contributed by atoms with Gasteiger partial charge in [-0.25, -0.2) is 4.98 Å². The summed E-state index contributed by atoms with van der Waals surface area (Å²) < 4.78 is 0. The molecule has 0 atom stereocenters. The molecular weight excluding hydrogens is 426 g/mol. The number of rotatable bonds is 4. The molecule has 8 nitrogen and oxygen atoms in total. The smallest absolute Gasteiger partial charge is 0.265 e. The van der Waals surface area contributed by atoms with Crippen LogP contribution in [0.15, 0.2) is 54.7 Å². The SMILES string of the molecule is CN1CN(c2ccccc2Cl)C(=O)c2cnc(Nc3ccc(N4CCNCC4)cc3)nc21. The maximum Gasteiger partial charge on any atom is 0.265 e. The second-order valence-electron chi connectivity index (χ2n) is 7.86. The third-order valence-electron chi connectivity index (χ3n) is 5.71. The highest BCUT2D eigenvalue weighted by Gasteiger charge is 2.31. The molecule has 1 aromatic heterocycles. The van der Waals surface area contributed by atoms with Crippen LogP contribution in [0.1, 0.15) is 10.4 Å². The summed E-state index contributed by atoms with van der Waals surface area (Å²) in [6.45, 7) is 4.37. The number of hydrogen-bond acceptors (Lipinski definition) is 7. The molecule has 32 heavy (non-hydrogen) atoms. The number of carbonyl (C=O) groups excluding carboxylic acids is 1. The Labute approximate surface area is 191 Å². The van der Waals surface area contributed by atoms with Crippen molar-refractivity contribution in [3.05, 3.63) is 65.3 Å². The Morgan fingerprint density at radius 2 is 1.81 bits per heavy atom. The average molecular weight is 450 g/mol. The minimum absolute atomic E-state index is 0.168. The molecule has 3 heterocycles. The summed E-state index contributed by atoms with van der Waals surface area (Å²) in [5, 5.41) is 7.14. The van der Waals surface area contributed by atoms with Gasteiger partial charge >= 0.3 is 0 Å². The summed E-state index contributed by atoms with van der Waals surface area (Å²) in [5.41, 5.74) is 3.21. The molecule has 0 spiro atoms. The first-order chi connectivity index (χ1) is 15.6. The fourth-order valence-corrected chi connectivity index (χ4v) is 4.27. The third-order valence-corrected chi connectivity index (χ3v) is 6.03. The summed E-state index contributed by atoms with van der Waals surface area (Å²) in [4.78, 5) is 28.0. The van der Waals surface area contributed by atoms with Crippen LogP contribution >= 0.6 is 11.6 Å². The van der Waals surface area contributed by atoms with E-state index >= 15 is 0 Å². The van der Waals surface area contributed by atoms with E-state index in [2.05, 4.69) is 37.6 Å². The lowest BCUT2D eigenvalue weighted by Gasteiger charge is -2.35. The fraction of sp³-hybridized carbons (Fsp3) is 0.261. The van der Waals surface area contributed by atoms with Gasteiger partial charge in [-0.1, -0.05) is 23.7 Å². The Morgan fingerprint density at radius 3 is 2.56 bits per heavy atom. The Hall–Kier alpha value is -3.36. The maximum atomic E-state index is 13.1. The Kier molecular flexibility index (Phi) is 5.55. The van der Waals surface area contributed by atoms with Gasteiger partial charge in [-0.05, 0) is 36.4 Å². The molecule has 1 amide bonds. The molecular formula is C23H24ClN7O. The maximum absolute atomic E-state index is 13.1. The number of anilines is 5. The molecule has 2 aliphatic rings. The third kappa shape index (κ3) is 3.94. The number of amides is 1. The number of nitrogens with one attached hydrogen (secondary N) is 2. The number of piperazine rings is 1. The van der Waals surface area contributed by atoms with Crippen molar-refractivity contribution in [1.82, 2.24) is 15.3 Å². The highest BCUT2D eigenvalue weighted by molar-refractivity contribution is 6.34. The summed E-state index contributed by atoms with van der Waals surface area (Å²) in [5.74, 6) is 0.871. The topological polar surface area (TPSA) is 76.6 Å². The van der Waals surface area contributed by atoms with Crippen molar-refractivity contribution in [1.29, 1.82) is 0 Å². The number of aromatic nitrogens is 2. The van der Waals surface area contributed by atoms with E-state index in [1.54, 1.807) is 17.2 Å². The van der Waals surface area contributed by atoms with Crippen molar-refractivity contribution >= 4 is 46.3 Å². The van der Waals surface area contributed by atoms with Crippen LogP contribution in [-0.4, -0.2) is 55.8 Å². The van der Waals surface area contributed by atoms with E-state index in [9.17, 15) is 4.79 Å². The van der Waals surface area contributed by atoms with Crippen LogP contribution < -0.4 is 25.3 Å². The standard InChI is InChI=1S/C23H24ClN7O/c1-29-15-31(20-5-3-2-4-19(20)24)22(32)18-14-26-23(28-21(18)29)27-16-6-8-17(9-7-16)30-12-10-25-11-13-30/h2-9,14,25H,10-13,15H2,1H3,(H,26,27,28). The van der Waals surface area contributed by atoms with E-state index in [1.807, 2.05) is 42.3 Å². The lowest BCUT2D eigenvalue weighted by Crippen LogP contribution is -2.46. The van der Waals surface area contributed by atoms with Crippen LogP contribution in [0.4, 0.5) is 28.8 Å². The first-order valence-corrected chi connectivity index (χ1v) is 11.0. The number of benzene rings is 2. The first-order valence-electron chi connectivity index (χ1n) is 10.6. The monoisotopic (exact) mass is 449 g/mol. The van der Waals surface area contributed by atoms with E-state index in [1.165, 1.54) is 5.69 Å². The van der Waals surface area contributed by atoms with Crippen LogP contribution in [-0.2, 0) is 0 Å². The molecule has 0 bridgehead atoms. The molecule has 1 saturated heterocycles. The molecule has 3 aromatic rings. The summed E-state index contributed by atoms with van der Waals surface area (Å²) in [7, 11) is 1.90. The molecule has 0 radical (unpaired) electrons.